The molecule has 0 spiro atoms. The van der Waals surface area contributed by atoms with E-state index in [0.29, 0.717) is 32.9 Å². The van der Waals surface area contributed by atoms with Gasteiger partial charge in [-0.15, -0.1) is 0 Å². The zero-order valence-electron chi connectivity index (χ0n) is 14.9. The van der Waals surface area contributed by atoms with Crippen LogP contribution in [0.15, 0.2) is 54.9 Å². The highest BCUT2D eigenvalue weighted by Gasteiger charge is 2.14. The van der Waals surface area contributed by atoms with E-state index in [1.54, 1.807) is 0 Å². The van der Waals surface area contributed by atoms with Crippen LogP contribution >= 0.6 is 23.2 Å². The summed E-state index contributed by atoms with van der Waals surface area (Å²) in [5.41, 5.74) is 9.62. The molecule has 2 heterocycles. The third kappa shape index (κ3) is 3.53. The molecule has 0 saturated heterocycles. The monoisotopic (exact) mass is 407 g/mol. The van der Waals surface area contributed by atoms with Gasteiger partial charge < -0.3 is 5.73 Å². The number of nitrogens with two attached hydrogens (primary N) is 1. The number of rotatable bonds is 2. The van der Waals surface area contributed by atoms with Crippen molar-refractivity contribution in [2.24, 2.45) is 0 Å². The molecule has 4 aromatic rings. The summed E-state index contributed by atoms with van der Waals surface area (Å²) in [4.78, 5) is 8.49. The highest BCUT2D eigenvalue weighted by atomic mass is 35.5. The molecule has 28 heavy (non-hydrogen) atoms. The van der Waals surface area contributed by atoms with Crippen LogP contribution in [0.3, 0.4) is 0 Å². The molecule has 0 atom stereocenters. The summed E-state index contributed by atoms with van der Waals surface area (Å²) in [5.74, 6) is 7.21. The largest absolute Gasteiger partial charge is 0.382 e. The molecule has 0 aliphatic heterocycles. The van der Waals surface area contributed by atoms with Crippen LogP contribution in [-0.2, 0) is 0 Å². The highest BCUT2D eigenvalue weighted by Crippen LogP contribution is 2.27. The molecular weight excluding hydrogens is 393 g/mol. The molecule has 7 heteroatoms. The maximum Gasteiger partial charge on any atom is 0.254 e. The van der Waals surface area contributed by atoms with Gasteiger partial charge in [0, 0.05) is 10.0 Å². The zero-order valence-corrected chi connectivity index (χ0v) is 16.4. The molecular formula is C21H15Cl2N5. The van der Waals surface area contributed by atoms with Crippen molar-refractivity contribution in [2.75, 3.05) is 5.73 Å². The molecule has 2 aromatic carbocycles. The van der Waals surface area contributed by atoms with Crippen LogP contribution in [0.25, 0.3) is 5.78 Å². The minimum atomic E-state index is -0.181. The zero-order chi connectivity index (χ0) is 19.7. The summed E-state index contributed by atoms with van der Waals surface area (Å²) in [6.45, 7) is 1.86. The second kappa shape index (κ2) is 7.51. The van der Waals surface area contributed by atoms with Crippen molar-refractivity contribution in [1.29, 1.82) is 0 Å². The van der Waals surface area contributed by atoms with Crippen LogP contribution in [0.2, 0.25) is 10.0 Å². The standard InChI is InChI=1S/C21H15Cl2N5/c1-13-18(20(24)28-21(27-13)25-12-26-28)10-11-19(14-2-6-16(22)7-3-14)15-4-8-17(23)9-5-15/h2-9,12,19H,24H2,1H3. The number of benzene rings is 2. The molecule has 5 nitrogen and oxygen atoms in total. The average molecular weight is 408 g/mol. The number of nitrogen functional groups attached to an aromatic ring is 1. The minimum absolute atomic E-state index is 0.181. The molecule has 4 rings (SSSR count). The van der Waals surface area contributed by atoms with Crippen molar-refractivity contribution in [3.8, 4) is 11.8 Å². The van der Waals surface area contributed by atoms with E-state index in [2.05, 4.69) is 26.9 Å². The van der Waals surface area contributed by atoms with Gasteiger partial charge in [-0.1, -0.05) is 59.3 Å². The number of nitrogens with zero attached hydrogens (tertiary/aromatic N) is 4. The molecule has 0 amide bonds. The predicted molar refractivity (Wildman–Crippen MR) is 112 cm³/mol. The lowest BCUT2D eigenvalue weighted by Gasteiger charge is -2.12. The van der Waals surface area contributed by atoms with Gasteiger partial charge >= 0.3 is 0 Å². The molecule has 0 radical (unpaired) electrons. The van der Waals surface area contributed by atoms with Gasteiger partial charge in [-0.05, 0) is 42.3 Å². The summed E-state index contributed by atoms with van der Waals surface area (Å²) in [5, 5.41) is 5.45. The fourth-order valence-corrected chi connectivity index (χ4v) is 3.20. The van der Waals surface area contributed by atoms with Crippen LogP contribution in [0.5, 0.6) is 0 Å². The molecule has 0 aliphatic carbocycles. The number of aryl methyl sites for hydroxylation is 1. The minimum Gasteiger partial charge on any atom is -0.382 e. The Morgan fingerprint density at radius 3 is 2.11 bits per heavy atom. The molecule has 0 aliphatic rings. The van der Waals surface area contributed by atoms with Crippen LogP contribution < -0.4 is 5.73 Å². The molecule has 2 N–H and O–H groups in total. The quantitative estimate of drug-likeness (QED) is 0.496. The Bertz CT molecular complexity index is 1160. The first-order valence-electron chi connectivity index (χ1n) is 8.51. The van der Waals surface area contributed by atoms with Gasteiger partial charge in [0.1, 0.15) is 12.1 Å². The van der Waals surface area contributed by atoms with Crippen LogP contribution in [0, 0.1) is 18.8 Å². The van der Waals surface area contributed by atoms with Gasteiger partial charge in [0.25, 0.3) is 5.78 Å². The van der Waals surface area contributed by atoms with Gasteiger partial charge in [0.05, 0.1) is 17.2 Å². The fraction of sp³-hybridized carbons (Fsp3) is 0.0952. The van der Waals surface area contributed by atoms with Gasteiger partial charge in [-0.2, -0.15) is 14.6 Å². The molecule has 2 aromatic heterocycles. The Hall–Kier alpha value is -3.07. The predicted octanol–water partition coefficient (Wildman–Crippen LogP) is 4.51. The van der Waals surface area contributed by atoms with Crippen molar-refractivity contribution in [2.45, 2.75) is 12.8 Å². The van der Waals surface area contributed by atoms with E-state index in [9.17, 15) is 0 Å². The van der Waals surface area contributed by atoms with Crippen molar-refractivity contribution in [3.05, 3.63) is 87.3 Å². The van der Waals surface area contributed by atoms with E-state index < -0.39 is 0 Å². The van der Waals surface area contributed by atoms with Crippen LogP contribution in [0.4, 0.5) is 5.82 Å². The molecule has 138 valence electrons. The summed E-state index contributed by atoms with van der Waals surface area (Å²) in [7, 11) is 0. The maximum absolute atomic E-state index is 6.25. The Kier molecular flexibility index (Phi) is 4.91. The lowest BCUT2D eigenvalue weighted by atomic mass is 9.91. The fourth-order valence-electron chi connectivity index (χ4n) is 2.95. The van der Waals surface area contributed by atoms with Crippen molar-refractivity contribution >= 4 is 34.8 Å². The number of halogens is 2. The van der Waals surface area contributed by atoms with Gasteiger partial charge in [0.2, 0.25) is 0 Å². The first kappa shape index (κ1) is 18.3. The Balaban J connectivity index is 1.83. The maximum atomic E-state index is 6.25. The second-order valence-electron chi connectivity index (χ2n) is 6.23. The van der Waals surface area contributed by atoms with E-state index in [4.69, 9.17) is 28.9 Å². The Morgan fingerprint density at radius 1 is 0.964 bits per heavy atom. The van der Waals surface area contributed by atoms with E-state index in [1.807, 2.05) is 55.5 Å². The number of anilines is 1. The topological polar surface area (TPSA) is 69.1 Å². The number of aromatic nitrogens is 4. The first-order valence-corrected chi connectivity index (χ1v) is 9.27. The molecule has 0 saturated carbocycles. The third-order valence-electron chi connectivity index (χ3n) is 4.39. The summed E-state index contributed by atoms with van der Waals surface area (Å²) >= 11 is 12.1. The summed E-state index contributed by atoms with van der Waals surface area (Å²) < 4.78 is 1.48. The number of hydrogen-bond acceptors (Lipinski definition) is 4. The second-order valence-corrected chi connectivity index (χ2v) is 7.11. The van der Waals surface area contributed by atoms with Gasteiger partial charge in [0.15, 0.2) is 0 Å². The summed E-state index contributed by atoms with van der Waals surface area (Å²) in [6, 6.07) is 15.3. The lowest BCUT2D eigenvalue weighted by Crippen LogP contribution is -2.06. The van der Waals surface area contributed by atoms with E-state index in [-0.39, 0.29) is 5.92 Å². The molecule has 0 unspecified atom stereocenters. The molecule has 0 fully saturated rings. The number of fused-ring (bicyclic) bond motifs is 1. The van der Waals surface area contributed by atoms with Crippen molar-refractivity contribution in [3.63, 3.8) is 0 Å². The smallest absolute Gasteiger partial charge is 0.254 e. The third-order valence-corrected chi connectivity index (χ3v) is 4.90. The van der Waals surface area contributed by atoms with E-state index in [0.717, 1.165) is 11.1 Å². The van der Waals surface area contributed by atoms with Crippen molar-refractivity contribution in [1.82, 2.24) is 19.6 Å². The Labute approximate surface area is 172 Å². The van der Waals surface area contributed by atoms with E-state index in [1.165, 1.54) is 10.8 Å². The first-order chi connectivity index (χ1) is 13.5. The van der Waals surface area contributed by atoms with Crippen molar-refractivity contribution < 1.29 is 0 Å². The van der Waals surface area contributed by atoms with E-state index >= 15 is 0 Å². The normalized spacial score (nSPS) is 10.9. The van der Waals surface area contributed by atoms with Crippen LogP contribution in [-0.4, -0.2) is 19.6 Å². The van der Waals surface area contributed by atoms with Gasteiger partial charge in [-0.25, -0.2) is 4.98 Å². The lowest BCUT2D eigenvalue weighted by molar-refractivity contribution is 0.937. The van der Waals surface area contributed by atoms with Gasteiger partial charge in [-0.3, -0.25) is 0 Å². The summed E-state index contributed by atoms with van der Waals surface area (Å²) in [6.07, 6.45) is 1.42. The Morgan fingerprint density at radius 2 is 1.54 bits per heavy atom. The average Bonchev–Trinajstić information content (AvgIpc) is 3.15. The molecule has 0 bridgehead atoms. The SMILES string of the molecule is Cc1nc2ncnn2c(N)c1C#CC(c1ccc(Cl)cc1)c1ccc(Cl)cc1. The number of hydrogen-bond donors (Lipinski definition) is 1. The van der Waals surface area contributed by atoms with Crippen LogP contribution in [0.1, 0.15) is 28.3 Å². The highest BCUT2D eigenvalue weighted by molar-refractivity contribution is 6.30.